The molecule has 0 spiro atoms. The van der Waals surface area contributed by atoms with E-state index in [1.807, 2.05) is 0 Å². The Balaban J connectivity index is 2.01. The molecule has 2 rings (SSSR count). The average molecular weight is 279 g/mol. The van der Waals surface area contributed by atoms with Crippen LogP contribution in [0.25, 0.3) is 0 Å². The summed E-state index contributed by atoms with van der Waals surface area (Å²) in [6.07, 6.45) is 3.36. The van der Waals surface area contributed by atoms with Gasteiger partial charge in [-0.1, -0.05) is 0 Å². The van der Waals surface area contributed by atoms with Gasteiger partial charge in [0.05, 0.1) is 13.2 Å². The lowest BCUT2D eigenvalue weighted by atomic mass is 10.3. The second-order valence-electron chi connectivity index (χ2n) is 4.02. The molecule has 0 saturated carbocycles. The Labute approximate surface area is 113 Å². The first-order valence-electron chi connectivity index (χ1n) is 5.81. The van der Waals surface area contributed by atoms with E-state index in [-0.39, 0.29) is 5.76 Å². The van der Waals surface area contributed by atoms with Crippen molar-refractivity contribution in [3.05, 3.63) is 42.1 Å². The van der Waals surface area contributed by atoms with E-state index < -0.39 is 24.5 Å². The molecule has 2 heterocycles. The summed E-state index contributed by atoms with van der Waals surface area (Å²) < 4.78 is 6.92. The number of rotatable bonds is 6. The third-order valence-corrected chi connectivity index (χ3v) is 2.55. The summed E-state index contributed by atoms with van der Waals surface area (Å²) in [4.78, 5) is 22.4. The molecule has 0 aliphatic heterocycles. The number of hydrogen-bond donors (Lipinski definition) is 3. The molecule has 8 nitrogen and oxygen atoms in total. The van der Waals surface area contributed by atoms with E-state index >= 15 is 0 Å². The number of aliphatic hydroxyl groups is 1. The number of aliphatic hydroxyl groups excluding tert-OH is 1. The first kappa shape index (κ1) is 13.8. The van der Waals surface area contributed by atoms with E-state index in [9.17, 15) is 9.59 Å². The molecule has 0 bridgehead atoms. The third-order valence-electron chi connectivity index (χ3n) is 2.55. The molecule has 106 valence electrons. The maximum atomic E-state index is 11.7. The van der Waals surface area contributed by atoms with Crippen molar-refractivity contribution in [3.8, 4) is 0 Å². The van der Waals surface area contributed by atoms with Gasteiger partial charge in [0.15, 0.2) is 11.8 Å². The van der Waals surface area contributed by atoms with Crippen molar-refractivity contribution in [2.24, 2.45) is 0 Å². The number of nitrogens with zero attached hydrogens (tertiary/aromatic N) is 2. The maximum Gasteiger partial charge on any atom is 0.328 e. The average Bonchev–Trinajstić information content (AvgIpc) is 3.07. The Morgan fingerprint density at radius 3 is 2.85 bits per heavy atom. The highest BCUT2D eigenvalue weighted by Gasteiger charge is 2.21. The molecule has 0 fully saturated rings. The summed E-state index contributed by atoms with van der Waals surface area (Å²) in [6, 6.07) is 3.44. The van der Waals surface area contributed by atoms with E-state index in [2.05, 4.69) is 10.4 Å². The monoisotopic (exact) mass is 279 g/mol. The predicted molar refractivity (Wildman–Crippen MR) is 66.0 cm³/mol. The second kappa shape index (κ2) is 6.02. The highest BCUT2D eigenvalue weighted by molar-refractivity contribution is 5.94. The second-order valence-corrected chi connectivity index (χ2v) is 4.02. The van der Waals surface area contributed by atoms with Crippen LogP contribution in [-0.2, 0) is 11.3 Å². The molecular formula is C12H13N3O5. The number of aromatic nitrogens is 2. The first-order chi connectivity index (χ1) is 9.60. The van der Waals surface area contributed by atoms with Crippen LogP contribution >= 0.6 is 0 Å². The molecule has 2 aromatic rings. The van der Waals surface area contributed by atoms with Crippen molar-refractivity contribution in [1.29, 1.82) is 0 Å². The summed E-state index contributed by atoms with van der Waals surface area (Å²) in [5, 5.41) is 23.7. The fourth-order valence-electron chi connectivity index (χ4n) is 1.55. The lowest BCUT2D eigenvalue weighted by molar-refractivity contribution is -0.140. The smallest absolute Gasteiger partial charge is 0.328 e. The Morgan fingerprint density at radius 1 is 1.45 bits per heavy atom. The molecule has 2 aromatic heterocycles. The molecule has 1 amide bonds. The largest absolute Gasteiger partial charge is 0.480 e. The number of furan rings is 1. The predicted octanol–water partition coefficient (Wildman–Crippen LogP) is -0.300. The fraction of sp³-hybridized carbons (Fsp3) is 0.250. The molecule has 8 heteroatoms. The van der Waals surface area contributed by atoms with Crippen LogP contribution in [0.3, 0.4) is 0 Å². The van der Waals surface area contributed by atoms with Gasteiger partial charge in [-0.2, -0.15) is 5.10 Å². The molecule has 3 N–H and O–H groups in total. The zero-order valence-corrected chi connectivity index (χ0v) is 10.4. The topological polar surface area (TPSA) is 118 Å². The molecule has 0 aliphatic carbocycles. The summed E-state index contributed by atoms with van der Waals surface area (Å²) in [5.41, 5.74) is 0. The van der Waals surface area contributed by atoms with Crippen molar-refractivity contribution in [2.75, 3.05) is 6.61 Å². The minimum absolute atomic E-state index is 0.0214. The maximum absolute atomic E-state index is 11.7. The third kappa shape index (κ3) is 3.23. The molecule has 20 heavy (non-hydrogen) atoms. The molecule has 1 unspecified atom stereocenters. The molecule has 0 saturated heterocycles. The molecule has 0 aliphatic rings. The number of nitrogens with one attached hydrogen (secondary N) is 1. The SMILES string of the molecule is O=C(NC(CO)C(=O)O)c1ccc(Cn2cccn2)o1. The molecular weight excluding hydrogens is 266 g/mol. The van der Waals surface area contributed by atoms with Gasteiger partial charge >= 0.3 is 5.97 Å². The zero-order chi connectivity index (χ0) is 14.5. The Hall–Kier alpha value is -2.61. The number of carboxylic acids is 1. The van der Waals surface area contributed by atoms with Gasteiger partial charge in [-0.3, -0.25) is 9.48 Å². The molecule has 0 aromatic carbocycles. The quantitative estimate of drug-likeness (QED) is 0.668. The van der Waals surface area contributed by atoms with Crippen LogP contribution in [0.2, 0.25) is 0 Å². The van der Waals surface area contributed by atoms with Gasteiger partial charge in [0.1, 0.15) is 5.76 Å². The van der Waals surface area contributed by atoms with Crippen molar-refractivity contribution in [1.82, 2.24) is 15.1 Å². The number of carboxylic acid groups (broad SMARTS) is 1. The van der Waals surface area contributed by atoms with Crippen LogP contribution in [0.15, 0.2) is 35.0 Å². The van der Waals surface area contributed by atoms with Crippen LogP contribution in [0.1, 0.15) is 16.3 Å². The van der Waals surface area contributed by atoms with Crippen LogP contribution in [0, 0.1) is 0 Å². The van der Waals surface area contributed by atoms with Crippen molar-refractivity contribution < 1.29 is 24.2 Å². The lowest BCUT2D eigenvalue weighted by Crippen LogP contribution is -2.43. The van der Waals surface area contributed by atoms with Crippen LogP contribution in [-0.4, -0.2) is 44.5 Å². The standard InChI is InChI=1S/C12H13N3O5/c16-7-9(12(18)19)14-11(17)10-3-2-8(20-10)6-15-5-1-4-13-15/h1-5,9,16H,6-7H2,(H,14,17)(H,18,19). The normalized spacial score (nSPS) is 12.1. The van der Waals surface area contributed by atoms with Gasteiger partial charge in [0.2, 0.25) is 0 Å². The first-order valence-corrected chi connectivity index (χ1v) is 5.81. The Morgan fingerprint density at radius 2 is 2.25 bits per heavy atom. The highest BCUT2D eigenvalue weighted by atomic mass is 16.4. The van der Waals surface area contributed by atoms with Crippen LogP contribution in [0.5, 0.6) is 0 Å². The fourth-order valence-corrected chi connectivity index (χ4v) is 1.55. The number of carbonyl (C=O) groups excluding carboxylic acids is 1. The summed E-state index contributed by atoms with van der Waals surface area (Å²) in [5.74, 6) is -1.52. The van der Waals surface area contributed by atoms with E-state index in [0.717, 1.165) is 0 Å². The summed E-state index contributed by atoms with van der Waals surface area (Å²) >= 11 is 0. The van der Waals surface area contributed by atoms with Gasteiger partial charge in [0.25, 0.3) is 5.91 Å². The van der Waals surface area contributed by atoms with Crippen LogP contribution < -0.4 is 5.32 Å². The zero-order valence-electron chi connectivity index (χ0n) is 10.4. The van der Waals surface area contributed by atoms with Crippen molar-refractivity contribution in [3.63, 3.8) is 0 Å². The minimum atomic E-state index is -1.36. The van der Waals surface area contributed by atoms with E-state index in [1.54, 1.807) is 29.2 Å². The van der Waals surface area contributed by atoms with Gasteiger partial charge in [0, 0.05) is 12.4 Å². The number of aliphatic carboxylic acids is 1. The van der Waals surface area contributed by atoms with E-state index in [1.165, 1.54) is 6.07 Å². The van der Waals surface area contributed by atoms with E-state index in [0.29, 0.717) is 12.3 Å². The lowest BCUT2D eigenvalue weighted by Gasteiger charge is -2.09. The number of hydrogen-bond acceptors (Lipinski definition) is 5. The number of carbonyl (C=O) groups is 2. The van der Waals surface area contributed by atoms with Crippen molar-refractivity contribution in [2.45, 2.75) is 12.6 Å². The highest BCUT2D eigenvalue weighted by Crippen LogP contribution is 2.09. The minimum Gasteiger partial charge on any atom is -0.480 e. The van der Waals surface area contributed by atoms with Gasteiger partial charge in [-0.25, -0.2) is 4.79 Å². The van der Waals surface area contributed by atoms with Gasteiger partial charge < -0.3 is 19.9 Å². The Kier molecular flexibility index (Phi) is 4.16. The number of amides is 1. The summed E-state index contributed by atoms with van der Waals surface area (Å²) in [6.45, 7) is -0.329. The molecule has 1 atom stereocenters. The van der Waals surface area contributed by atoms with E-state index in [4.69, 9.17) is 14.6 Å². The molecule has 0 radical (unpaired) electrons. The summed E-state index contributed by atoms with van der Waals surface area (Å²) in [7, 11) is 0. The Bertz CT molecular complexity index is 590. The van der Waals surface area contributed by atoms with Crippen molar-refractivity contribution >= 4 is 11.9 Å². The van der Waals surface area contributed by atoms with Crippen LogP contribution in [0.4, 0.5) is 0 Å². The van der Waals surface area contributed by atoms with Gasteiger partial charge in [-0.05, 0) is 18.2 Å². The van der Waals surface area contributed by atoms with Gasteiger partial charge in [-0.15, -0.1) is 0 Å².